The fourth-order valence-electron chi connectivity index (χ4n) is 1.79. The van der Waals surface area contributed by atoms with Crippen LogP contribution in [-0.2, 0) is 11.2 Å². The highest BCUT2D eigenvalue weighted by Gasteiger charge is 2.12. The molecule has 19 heavy (non-hydrogen) atoms. The Morgan fingerprint density at radius 1 is 1.21 bits per heavy atom. The number of aromatic hydroxyl groups is 1. The molecule has 3 nitrogen and oxygen atoms in total. The number of rotatable bonds is 3. The molecule has 1 N–H and O–H groups in total. The van der Waals surface area contributed by atoms with E-state index in [4.69, 9.17) is 0 Å². The lowest BCUT2D eigenvalue weighted by Crippen LogP contribution is -2.27. The Balaban J connectivity index is 2.12. The maximum absolute atomic E-state index is 13.1. The van der Waals surface area contributed by atoms with Gasteiger partial charge in [0, 0.05) is 12.7 Å². The Hall–Kier alpha value is -2.36. The highest BCUT2D eigenvalue weighted by molar-refractivity contribution is 5.94. The first kappa shape index (κ1) is 13.1. The summed E-state index contributed by atoms with van der Waals surface area (Å²) in [5, 5.41) is 9.34. The predicted molar refractivity (Wildman–Crippen MR) is 71.6 cm³/mol. The van der Waals surface area contributed by atoms with Gasteiger partial charge in [-0.05, 0) is 35.9 Å². The Labute approximate surface area is 110 Å². The van der Waals surface area contributed by atoms with Crippen LogP contribution in [0.5, 0.6) is 5.75 Å². The molecular weight excluding hydrogens is 245 g/mol. The minimum absolute atomic E-state index is 0.124. The van der Waals surface area contributed by atoms with Crippen molar-refractivity contribution >= 4 is 11.6 Å². The number of likely N-dealkylation sites (N-methyl/N-ethyl adjacent to an activating group) is 1. The van der Waals surface area contributed by atoms with E-state index in [0.717, 1.165) is 0 Å². The van der Waals surface area contributed by atoms with Crippen molar-refractivity contribution in [1.29, 1.82) is 0 Å². The second-order valence-electron chi connectivity index (χ2n) is 4.28. The van der Waals surface area contributed by atoms with Gasteiger partial charge in [-0.2, -0.15) is 0 Å². The van der Waals surface area contributed by atoms with E-state index in [2.05, 4.69) is 0 Å². The van der Waals surface area contributed by atoms with Crippen LogP contribution in [0, 0.1) is 5.82 Å². The van der Waals surface area contributed by atoms with E-state index >= 15 is 0 Å². The van der Waals surface area contributed by atoms with Gasteiger partial charge in [0.25, 0.3) is 0 Å². The fourth-order valence-corrected chi connectivity index (χ4v) is 1.79. The van der Waals surface area contributed by atoms with Crippen LogP contribution in [0.1, 0.15) is 5.56 Å². The van der Waals surface area contributed by atoms with Crippen LogP contribution in [0.4, 0.5) is 10.1 Å². The first-order valence-electron chi connectivity index (χ1n) is 5.86. The van der Waals surface area contributed by atoms with E-state index < -0.39 is 0 Å². The van der Waals surface area contributed by atoms with Crippen LogP contribution in [0.15, 0.2) is 48.5 Å². The number of nitrogens with zero attached hydrogens (tertiary/aromatic N) is 1. The van der Waals surface area contributed by atoms with E-state index in [0.29, 0.717) is 11.3 Å². The van der Waals surface area contributed by atoms with Crippen molar-refractivity contribution < 1.29 is 14.3 Å². The predicted octanol–water partition coefficient (Wildman–Crippen LogP) is 2.74. The number of amides is 1. The highest BCUT2D eigenvalue weighted by atomic mass is 19.1. The third-order valence-corrected chi connectivity index (χ3v) is 2.84. The summed E-state index contributed by atoms with van der Waals surface area (Å²) in [5.41, 5.74) is 1.22. The summed E-state index contributed by atoms with van der Waals surface area (Å²) in [6.45, 7) is 0. The molecule has 0 aliphatic rings. The Morgan fingerprint density at radius 3 is 2.63 bits per heavy atom. The number of hydrogen-bond donors (Lipinski definition) is 1. The minimum Gasteiger partial charge on any atom is -0.508 e. The number of anilines is 1. The van der Waals surface area contributed by atoms with Gasteiger partial charge in [0.05, 0.1) is 6.42 Å². The van der Waals surface area contributed by atoms with Gasteiger partial charge in [-0.15, -0.1) is 0 Å². The monoisotopic (exact) mass is 259 g/mol. The normalized spacial score (nSPS) is 10.2. The summed E-state index contributed by atoms with van der Waals surface area (Å²) < 4.78 is 13.1. The molecule has 0 atom stereocenters. The van der Waals surface area contributed by atoms with Gasteiger partial charge in [0.1, 0.15) is 11.6 Å². The molecule has 0 aliphatic carbocycles. The van der Waals surface area contributed by atoms with Gasteiger partial charge in [-0.1, -0.05) is 18.2 Å². The molecular formula is C15H14FNO2. The second kappa shape index (κ2) is 5.52. The molecule has 0 bridgehead atoms. The molecule has 0 radical (unpaired) electrons. The molecule has 2 aromatic carbocycles. The molecule has 0 fully saturated rings. The van der Waals surface area contributed by atoms with Gasteiger partial charge >= 0.3 is 0 Å². The Morgan fingerprint density at radius 2 is 1.95 bits per heavy atom. The zero-order valence-electron chi connectivity index (χ0n) is 10.5. The van der Waals surface area contributed by atoms with Gasteiger partial charge in [-0.3, -0.25) is 4.79 Å². The number of halogens is 1. The lowest BCUT2D eigenvalue weighted by Gasteiger charge is -2.17. The van der Waals surface area contributed by atoms with Crippen LogP contribution in [0.3, 0.4) is 0 Å². The van der Waals surface area contributed by atoms with E-state index in [1.807, 2.05) is 0 Å². The van der Waals surface area contributed by atoms with Crippen LogP contribution < -0.4 is 4.90 Å². The van der Waals surface area contributed by atoms with Crippen molar-refractivity contribution in [2.24, 2.45) is 0 Å². The van der Waals surface area contributed by atoms with E-state index in [9.17, 15) is 14.3 Å². The largest absolute Gasteiger partial charge is 0.508 e. The Bertz CT molecular complexity index is 598. The average Bonchev–Trinajstić information content (AvgIpc) is 2.38. The summed E-state index contributed by atoms with van der Waals surface area (Å²) >= 11 is 0. The molecule has 2 rings (SSSR count). The quantitative estimate of drug-likeness (QED) is 0.920. The molecule has 0 saturated heterocycles. The summed E-state index contributed by atoms with van der Waals surface area (Å²) in [4.78, 5) is 13.5. The first-order chi connectivity index (χ1) is 9.06. The average molecular weight is 259 g/mol. The number of carbonyl (C=O) groups is 1. The van der Waals surface area contributed by atoms with Crippen molar-refractivity contribution in [3.05, 3.63) is 59.9 Å². The zero-order valence-corrected chi connectivity index (χ0v) is 10.5. The molecule has 0 heterocycles. The summed E-state index contributed by atoms with van der Waals surface area (Å²) in [6.07, 6.45) is 0.154. The Kier molecular flexibility index (Phi) is 3.80. The second-order valence-corrected chi connectivity index (χ2v) is 4.28. The molecule has 2 aromatic rings. The van der Waals surface area contributed by atoms with Crippen molar-refractivity contribution in [2.45, 2.75) is 6.42 Å². The topological polar surface area (TPSA) is 40.5 Å². The summed E-state index contributed by atoms with van der Waals surface area (Å²) in [7, 11) is 1.60. The number of carbonyl (C=O) groups excluding carboxylic acids is 1. The molecule has 0 aromatic heterocycles. The van der Waals surface area contributed by atoms with E-state index in [1.54, 1.807) is 37.4 Å². The van der Waals surface area contributed by atoms with Crippen LogP contribution in [0.2, 0.25) is 0 Å². The molecule has 0 unspecified atom stereocenters. The SMILES string of the molecule is CN(C(=O)Cc1cccc(O)c1)c1cccc(F)c1. The fraction of sp³-hybridized carbons (Fsp3) is 0.133. The van der Waals surface area contributed by atoms with Crippen LogP contribution in [0.25, 0.3) is 0 Å². The molecule has 1 amide bonds. The van der Waals surface area contributed by atoms with Crippen LogP contribution >= 0.6 is 0 Å². The maximum atomic E-state index is 13.1. The lowest BCUT2D eigenvalue weighted by molar-refractivity contribution is -0.117. The van der Waals surface area contributed by atoms with Crippen LogP contribution in [-0.4, -0.2) is 18.1 Å². The summed E-state index contributed by atoms with van der Waals surface area (Å²) in [5.74, 6) is -0.426. The summed E-state index contributed by atoms with van der Waals surface area (Å²) in [6, 6.07) is 12.4. The molecule has 0 aliphatic heterocycles. The minimum atomic E-state index is -0.380. The first-order valence-corrected chi connectivity index (χ1v) is 5.86. The molecule has 0 saturated carbocycles. The third kappa shape index (κ3) is 3.31. The van der Waals surface area contributed by atoms with E-state index in [-0.39, 0.29) is 23.9 Å². The van der Waals surface area contributed by atoms with Crippen molar-refractivity contribution in [3.63, 3.8) is 0 Å². The van der Waals surface area contributed by atoms with Gasteiger partial charge in [0.2, 0.25) is 5.91 Å². The zero-order chi connectivity index (χ0) is 13.8. The smallest absolute Gasteiger partial charge is 0.231 e. The molecule has 98 valence electrons. The number of benzene rings is 2. The van der Waals surface area contributed by atoms with Gasteiger partial charge in [0.15, 0.2) is 0 Å². The number of hydrogen-bond acceptors (Lipinski definition) is 2. The van der Waals surface area contributed by atoms with Gasteiger partial charge in [-0.25, -0.2) is 4.39 Å². The lowest BCUT2D eigenvalue weighted by atomic mass is 10.1. The molecule has 4 heteroatoms. The third-order valence-electron chi connectivity index (χ3n) is 2.84. The van der Waals surface area contributed by atoms with Crippen molar-refractivity contribution in [2.75, 3.05) is 11.9 Å². The van der Waals surface area contributed by atoms with E-state index in [1.165, 1.54) is 23.1 Å². The van der Waals surface area contributed by atoms with Gasteiger partial charge < -0.3 is 10.0 Å². The number of phenols is 1. The maximum Gasteiger partial charge on any atom is 0.231 e. The molecule has 0 spiro atoms. The van der Waals surface area contributed by atoms with Crippen molar-refractivity contribution in [1.82, 2.24) is 0 Å². The number of phenolic OH excluding ortho intramolecular Hbond substituents is 1. The standard InChI is InChI=1S/C15H14FNO2/c1-17(13-6-3-5-12(16)10-13)15(19)9-11-4-2-7-14(18)8-11/h2-8,10,18H,9H2,1H3. The highest BCUT2D eigenvalue weighted by Crippen LogP contribution is 2.17. The van der Waals surface area contributed by atoms with Crippen molar-refractivity contribution in [3.8, 4) is 5.75 Å².